The Morgan fingerprint density at radius 3 is 2.93 bits per heavy atom. The number of benzene rings is 1. The first-order valence-electron chi connectivity index (χ1n) is 8.97. The summed E-state index contributed by atoms with van der Waals surface area (Å²) >= 11 is 5.95. The summed E-state index contributed by atoms with van der Waals surface area (Å²) in [6.07, 6.45) is 3.89. The van der Waals surface area contributed by atoms with E-state index < -0.39 is 0 Å². The molecule has 1 saturated heterocycles. The molecule has 28 heavy (non-hydrogen) atoms. The van der Waals surface area contributed by atoms with Crippen LogP contribution < -0.4 is 9.64 Å². The first-order valence-corrected chi connectivity index (χ1v) is 9.35. The Kier molecular flexibility index (Phi) is 4.92. The fourth-order valence-corrected chi connectivity index (χ4v) is 3.56. The quantitative estimate of drug-likeness (QED) is 0.665. The zero-order valence-electron chi connectivity index (χ0n) is 15.4. The van der Waals surface area contributed by atoms with Crippen molar-refractivity contribution in [3.63, 3.8) is 0 Å². The minimum Gasteiger partial charge on any atom is -0.456 e. The molecule has 3 heterocycles. The average Bonchev–Trinajstić information content (AvgIpc) is 3.36. The maximum absolute atomic E-state index is 11.9. The molecule has 8 heteroatoms. The van der Waals surface area contributed by atoms with Crippen LogP contribution in [0.5, 0.6) is 11.5 Å². The number of halogens is 1. The van der Waals surface area contributed by atoms with Gasteiger partial charge in [-0.3, -0.25) is 9.89 Å². The number of likely N-dealkylation sites (tertiary alicyclic amines) is 1. The van der Waals surface area contributed by atoms with Crippen LogP contribution in [-0.2, 0) is 4.79 Å². The van der Waals surface area contributed by atoms with Gasteiger partial charge in [0.25, 0.3) is 0 Å². The highest BCUT2D eigenvalue weighted by molar-refractivity contribution is 6.30. The monoisotopic (exact) mass is 397 g/mol. The number of aromatic nitrogens is 3. The minimum atomic E-state index is -0.0452. The van der Waals surface area contributed by atoms with Gasteiger partial charge in [-0.25, -0.2) is 4.98 Å². The van der Waals surface area contributed by atoms with Crippen molar-refractivity contribution < 1.29 is 9.53 Å². The third kappa shape index (κ3) is 3.41. The third-order valence-electron chi connectivity index (χ3n) is 4.98. The molecule has 1 atom stereocenters. The van der Waals surface area contributed by atoms with Gasteiger partial charge in [-0.15, -0.1) is 0 Å². The molecule has 1 amide bonds. The largest absolute Gasteiger partial charge is 0.456 e. The Morgan fingerprint density at radius 2 is 2.18 bits per heavy atom. The van der Waals surface area contributed by atoms with E-state index in [-0.39, 0.29) is 11.9 Å². The number of likely N-dealkylation sites (N-methyl/N-ethyl adjacent to an activating group) is 1. The Bertz CT molecular complexity index is 1020. The van der Waals surface area contributed by atoms with Gasteiger partial charge in [0.2, 0.25) is 5.91 Å². The van der Waals surface area contributed by atoms with Crippen LogP contribution in [0, 0.1) is 0 Å². The number of H-pyrrole nitrogens is 1. The Morgan fingerprint density at radius 1 is 1.39 bits per heavy atom. The Balaban J connectivity index is 1.63. The van der Waals surface area contributed by atoms with Crippen LogP contribution in [0.15, 0.2) is 49.2 Å². The molecule has 0 aliphatic carbocycles. The van der Waals surface area contributed by atoms with Crippen LogP contribution in [-0.4, -0.2) is 52.2 Å². The minimum absolute atomic E-state index is 0.0452. The molecule has 144 valence electrons. The number of fused-ring (bicyclic) bond motifs is 1. The maximum Gasteiger partial charge on any atom is 0.246 e. The molecule has 0 spiro atoms. The number of hydrogen-bond acceptors (Lipinski definition) is 5. The lowest BCUT2D eigenvalue weighted by molar-refractivity contribution is -0.125. The fraction of sp³-hybridized carbons (Fsp3) is 0.250. The summed E-state index contributed by atoms with van der Waals surface area (Å²) in [6, 6.07) is 9.15. The van der Waals surface area contributed by atoms with E-state index >= 15 is 0 Å². The molecule has 4 rings (SSSR count). The van der Waals surface area contributed by atoms with Crippen molar-refractivity contribution in [1.29, 1.82) is 0 Å². The molecule has 3 aromatic rings. The molecule has 1 aromatic carbocycles. The van der Waals surface area contributed by atoms with Crippen LogP contribution >= 0.6 is 11.6 Å². The van der Waals surface area contributed by atoms with Gasteiger partial charge in [-0.2, -0.15) is 5.10 Å². The van der Waals surface area contributed by atoms with Gasteiger partial charge in [0, 0.05) is 43.5 Å². The third-order valence-corrected chi connectivity index (χ3v) is 5.23. The molecule has 1 aliphatic heterocycles. The van der Waals surface area contributed by atoms with Gasteiger partial charge in [-0.1, -0.05) is 18.2 Å². The molecule has 0 radical (unpaired) electrons. The van der Waals surface area contributed by atoms with Crippen molar-refractivity contribution >= 4 is 34.4 Å². The van der Waals surface area contributed by atoms with E-state index in [0.29, 0.717) is 35.3 Å². The standard InChI is InChI=1S/C20H20ClN5O2/c1-3-17(27)26-11-9-14(12-26)25(2)20-18-16(8-10-22-19(18)23-24-20)28-15-6-4-13(21)5-7-15/h3-8,10,14H,1,9,11-12H2,2H3,(H,22,23,24). The van der Waals surface area contributed by atoms with E-state index in [1.807, 2.05) is 25.2 Å². The van der Waals surface area contributed by atoms with E-state index in [9.17, 15) is 4.79 Å². The lowest BCUT2D eigenvalue weighted by Crippen LogP contribution is -2.36. The number of pyridine rings is 1. The molecule has 1 fully saturated rings. The second-order valence-corrected chi connectivity index (χ2v) is 7.11. The van der Waals surface area contributed by atoms with E-state index in [1.54, 1.807) is 23.2 Å². The molecule has 0 bridgehead atoms. The summed E-state index contributed by atoms with van der Waals surface area (Å²) in [5, 5.41) is 8.88. The summed E-state index contributed by atoms with van der Waals surface area (Å²) in [6.45, 7) is 4.90. The lowest BCUT2D eigenvalue weighted by atomic mass is 10.2. The summed E-state index contributed by atoms with van der Waals surface area (Å²) in [7, 11) is 1.97. The summed E-state index contributed by atoms with van der Waals surface area (Å²) in [5.74, 6) is 2.02. The van der Waals surface area contributed by atoms with Gasteiger partial charge >= 0.3 is 0 Å². The van der Waals surface area contributed by atoms with E-state index in [0.717, 1.165) is 17.6 Å². The molecular weight excluding hydrogens is 378 g/mol. The highest BCUT2D eigenvalue weighted by Gasteiger charge is 2.30. The number of anilines is 1. The van der Waals surface area contributed by atoms with Gasteiger partial charge in [-0.05, 0) is 36.8 Å². The van der Waals surface area contributed by atoms with Crippen molar-refractivity contribution in [1.82, 2.24) is 20.1 Å². The molecular formula is C20H20ClN5O2. The zero-order chi connectivity index (χ0) is 19.7. The Labute approximate surface area is 167 Å². The fourth-order valence-electron chi connectivity index (χ4n) is 3.44. The van der Waals surface area contributed by atoms with Gasteiger partial charge < -0.3 is 14.5 Å². The van der Waals surface area contributed by atoms with Crippen LogP contribution in [0.2, 0.25) is 5.02 Å². The first-order chi connectivity index (χ1) is 13.6. The predicted octanol–water partition coefficient (Wildman–Crippen LogP) is 3.63. The van der Waals surface area contributed by atoms with Crippen molar-refractivity contribution in [2.75, 3.05) is 25.0 Å². The van der Waals surface area contributed by atoms with Crippen LogP contribution in [0.4, 0.5) is 5.82 Å². The molecule has 1 unspecified atom stereocenters. The van der Waals surface area contributed by atoms with Crippen LogP contribution in [0.3, 0.4) is 0 Å². The number of nitrogens with one attached hydrogen (secondary N) is 1. The highest BCUT2D eigenvalue weighted by Crippen LogP contribution is 2.35. The number of ether oxygens (including phenoxy) is 1. The number of carbonyl (C=O) groups excluding carboxylic acids is 1. The van der Waals surface area contributed by atoms with Crippen molar-refractivity contribution in [3.8, 4) is 11.5 Å². The number of carbonyl (C=O) groups is 1. The highest BCUT2D eigenvalue weighted by atomic mass is 35.5. The van der Waals surface area contributed by atoms with Gasteiger partial charge in [0.15, 0.2) is 11.5 Å². The summed E-state index contributed by atoms with van der Waals surface area (Å²) < 4.78 is 6.07. The smallest absolute Gasteiger partial charge is 0.246 e. The van der Waals surface area contributed by atoms with E-state index in [1.165, 1.54) is 6.08 Å². The first kappa shape index (κ1) is 18.3. The number of rotatable bonds is 5. The maximum atomic E-state index is 11.9. The van der Waals surface area contributed by atoms with Crippen LogP contribution in [0.1, 0.15) is 6.42 Å². The normalized spacial score (nSPS) is 16.4. The molecule has 0 saturated carbocycles. The molecule has 2 aromatic heterocycles. The predicted molar refractivity (Wildman–Crippen MR) is 109 cm³/mol. The molecule has 1 N–H and O–H groups in total. The van der Waals surface area contributed by atoms with E-state index in [2.05, 4.69) is 26.7 Å². The molecule has 1 aliphatic rings. The number of aromatic amines is 1. The zero-order valence-corrected chi connectivity index (χ0v) is 16.2. The van der Waals surface area contributed by atoms with Crippen molar-refractivity contribution in [2.45, 2.75) is 12.5 Å². The van der Waals surface area contributed by atoms with E-state index in [4.69, 9.17) is 16.3 Å². The van der Waals surface area contributed by atoms with Crippen LogP contribution in [0.25, 0.3) is 11.0 Å². The topological polar surface area (TPSA) is 74.4 Å². The van der Waals surface area contributed by atoms with Crippen molar-refractivity contribution in [3.05, 3.63) is 54.2 Å². The SMILES string of the molecule is C=CC(=O)N1CCC(N(C)c2n[nH]c3nccc(Oc4ccc(Cl)cc4)c23)C1. The second-order valence-electron chi connectivity index (χ2n) is 6.68. The van der Waals surface area contributed by atoms with Crippen molar-refractivity contribution in [2.24, 2.45) is 0 Å². The number of hydrogen-bond donors (Lipinski definition) is 1. The number of amides is 1. The summed E-state index contributed by atoms with van der Waals surface area (Å²) in [5.41, 5.74) is 0.644. The summed E-state index contributed by atoms with van der Waals surface area (Å²) in [4.78, 5) is 20.1. The van der Waals surface area contributed by atoms with Gasteiger partial charge in [0.1, 0.15) is 16.9 Å². The average molecular weight is 398 g/mol. The lowest BCUT2D eigenvalue weighted by Gasteiger charge is -2.25. The second kappa shape index (κ2) is 7.52. The van der Waals surface area contributed by atoms with Gasteiger partial charge in [0.05, 0.1) is 0 Å². The Hall–Kier alpha value is -3.06. The molecule has 7 nitrogen and oxygen atoms in total. The number of nitrogens with zero attached hydrogens (tertiary/aromatic N) is 4.